The van der Waals surface area contributed by atoms with Crippen molar-refractivity contribution in [1.82, 2.24) is 14.7 Å². The molecule has 0 saturated heterocycles. The number of nitrogens with zero attached hydrogens (tertiary/aromatic N) is 4. The molecule has 0 aromatic carbocycles. The molecule has 0 bridgehead atoms. The van der Waals surface area contributed by atoms with Gasteiger partial charge >= 0.3 is 0 Å². The molecule has 0 aliphatic carbocycles. The van der Waals surface area contributed by atoms with Gasteiger partial charge in [0.25, 0.3) is 5.91 Å². The Morgan fingerprint density at radius 2 is 2.38 bits per heavy atom. The third-order valence-electron chi connectivity index (χ3n) is 2.51. The Bertz CT molecular complexity index is 416. The predicted molar refractivity (Wildman–Crippen MR) is 59.8 cm³/mol. The Labute approximate surface area is 95.3 Å². The molecule has 5 heteroatoms. The van der Waals surface area contributed by atoms with Crippen LogP contribution < -0.4 is 0 Å². The number of hydrogen-bond acceptors (Lipinski definition) is 3. The molecule has 86 valence electrons. The molecule has 1 heterocycles. The number of aryl methyl sites for hydroxylation is 1. The first kappa shape index (κ1) is 12.2. The Balaban J connectivity index is 2.91. The van der Waals surface area contributed by atoms with E-state index in [1.165, 1.54) is 0 Å². The largest absolute Gasteiger partial charge is 0.325 e. The second-order valence-electron chi connectivity index (χ2n) is 3.65. The number of amides is 1. The third-order valence-corrected chi connectivity index (χ3v) is 2.51. The molecule has 0 saturated carbocycles. The average Bonchev–Trinajstić information content (AvgIpc) is 2.59. The van der Waals surface area contributed by atoms with E-state index < -0.39 is 0 Å². The van der Waals surface area contributed by atoms with E-state index in [0.29, 0.717) is 12.1 Å². The maximum absolute atomic E-state index is 12.1. The van der Waals surface area contributed by atoms with Crippen molar-refractivity contribution >= 4 is 5.91 Å². The summed E-state index contributed by atoms with van der Waals surface area (Å²) < 4.78 is 1.66. The fourth-order valence-electron chi connectivity index (χ4n) is 1.49. The molecular weight excluding hydrogens is 204 g/mol. The predicted octanol–water partition coefficient (Wildman–Crippen LogP) is 1.10. The van der Waals surface area contributed by atoms with Crippen LogP contribution in [-0.4, -0.2) is 33.7 Å². The van der Waals surface area contributed by atoms with Crippen molar-refractivity contribution in [2.45, 2.75) is 20.3 Å². The van der Waals surface area contributed by atoms with Gasteiger partial charge in [-0.25, -0.2) is 0 Å². The Morgan fingerprint density at radius 1 is 1.69 bits per heavy atom. The summed E-state index contributed by atoms with van der Waals surface area (Å²) in [6, 6.07) is 2.01. The monoisotopic (exact) mass is 220 g/mol. The fraction of sp³-hybridized carbons (Fsp3) is 0.545. The Kier molecular flexibility index (Phi) is 4.06. The summed E-state index contributed by atoms with van der Waals surface area (Å²) in [4.78, 5) is 13.6. The summed E-state index contributed by atoms with van der Waals surface area (Å²) in [5.74, 6) is -0.117. The molecule has 0 N–H and O–H groups in total. The lowest BCUT2D eigenvalue weighted by molar-refractivity contribution is 0.0775. The van der Waals surface area contributed by atoms with Crippen LogP contribution in [0.5, 0.6) is 0 Å². The SMILES string of the molecule is CCCN(CC#N)C(=O)c1cnn(C)c1C. The molecular formula is C11H16N4O. The minimum atomic E-state index is -0.117. The maximum atomic E-state index is 12.1. The summed E-state index contributed by atoms with van der Waals surface area (Å²) in [6.45, 7) is 4.55. The van der Waals surface area contributed by atoms with Gasteiger partial charge in [-0.1, -0.05) is 6.92 Å². The molecule has 0 radical (unpaired) electrons. The molecule has 0 unspecified atom stereocenters. The van der Waals surface area contributed by atoms with E-state index in [1.807, 2.05) is 19.9 Å². The van der Waals surface area contributed by atoms with E-state index >= 15 is 0 Å². The standard InChI is InChI=1S/C11H16N4O/c1-4-6-15(7-5-12)11(16)10-8-13-14(3)9(10)2/h8H,4,6-7H2,1-3H3. The van der Waals surface area contributed by atoms with Crippen LogP contribution in [0.1, 0.15) is 29.4 Å². The Hall–Kier alpha value is -1.83. The second kappa shape index (κ2) is 5.31. The zero-order valence-corrected chi connectivity index (χ0v) is 9.90. The quantitative estimate of drug-likeness (QED) is 0.714. The van der Waals surface area contributed by atoms with Gasteiger partial charge in [-0.3, -0.25) is 9.48 Å². The number of hydrogen-bond donors (Lipinski definition) is 0. The van der Waals surface area contributed by atoms with Gasteiger partial charge in [-0.15, -0.1) is 0 Å². The van der Waals surface area contributed by atoms with Crippen LogP contribution in [0.4, 0.5) is 0 Å². The molecule has 1 amide bonds. The van der Waals surface area contributed by atoms with E-state index in [9.17, 15) is 4.79 Å². The van der Waals surface area contributed by atoms with E-state index in [2.05, 4.69) is 5.10 Å². The average molecular weight is 220 g/mol. The van der Waals surface area contributed by atoms with Gasteiger partial charge < -0.3 is 4.90 Å². The van der Waals surface area contributed by atoms with Crippen molar-refractivity contribution in [3.8, 4) is 6.07 Å². The number of aromatic nitrogens is 2. The third kappa shape index (κ3) is 2.40. The van der Waals surface area contributed by atoms with Gasteiger partial charge in [0.05, 0.1) is 17.8 Å². The Morgan fingerprint density at radius 3 is 2.81 bits per heavy atom. The summed E-state index contributed by atoms with van der Waals surface area (Å²) in [7, 11) is 1.79. The number of carbonyl (C=O) groups is 1. The van der Waals surface area contributed by atoms with E-state index in [1.54, 1.807) is 22.8 Å². The van der Waals surface area contributed by atoms with E-state index in [-0.39, 0.29) is 12.5 Å². The normalized spacial score (nSPS) is 9.88. The van der Waals surface area contributed by atoms with Crippen LogP contribution in [0.25, 0.3) is 0 Å². The molecule has 0 atom stereocenters. The first-order valence-corrected chi connectivity index (χ1v) is 5.26. The molecule has 1 aromatic heterocycles. The minimum absolute atomic E-state index is 0.117. The number of carbonyl (C=O) groups excluding carboxylic acids is 1. The first-order chi connectivity index (χ1) is 7.61. The highest BCUT2D eigenvalue weighted by Gasteiger charge is 2.18. The molecule has 1 rings (SSSR count). The summed E-state index contributed by atoms with van der Waals surface area (Å²) >= 11 is 0. The van der Waals surface area contributed by atoms with Crippen molar-refractivity contribution in [3.05, 3.63) is 17.5 Å². The van der Waals surface area contributed by atoms with Crippen LogP contribution in [0.3, 0.4) is 0 Å². The van der Waals surface area contributed by atoms with Gasteiger partial charge in [-0.2, -0.15) is 10.4 Å². The van der Waals surface area contributed by atoms with Crippen LogP contribution in [0, 0.1) is 18.3 Å². The molecule has 0 aliphatic heterocycles. The lowest BCUT2D eigenvalue weighted by Crippen LogP contribution is -2.32. The molecule has 16 heavy (non-hydrogen) atoms. The highest BCUT2D eigenvalue weighted by Crippen LogP contribution is 2.09. The second-order valence-corrected chi connectivity index (χ2v) is 3.65. The van der Waals surface area contributed by atoms with Crippen LogP contribution in [0.15, 0.2) is 6.20 Å². The summed E-state index contributed by atoms with van der Waals surface area (Å²) in [6.07, 6.45) is 2.39. The van der Waals surface area contributed by atoms with Crippen molar-refractivity contribution in [1.29, 1.82) is 5.26 Å². The topological polar surface area (TPSA) is 61.9 Å². The summed E-state index contributed by atoms with van der Waals surface area (Å²) in [5, 5.41) is 12.7. The highest BCUT2D eigenvalue weighted by atomic mass is 16.2. The molecule has 5 nitrogen and oxygen atoms in total. The maximum Gasteiger partial charge on any atom is 0.258 e. The zero-order chi connectivity index (χ0) is 12.1. The lowest BCUT2D eigenvalue weighted by Gasteiger charge is -2.18. The molecule has 1 aromatic rings. The first-order valence-electron chi connectivity index (χ1n) is 5.26. The molecule has 0 spiro atoms. The van der Waals surface area contributed by atoms with E-state index in [0.717, 1.165) is 12.1 Å². The smallest absolute Gasteiger partial charge is 0.258 e. The summed E-state index contributed by atoms with van der Waals surface area (Å²) in [5.41, 5.74) is 1.40. The van der Waals surface area contributed by atoms with Gasteiger partial charge in [0, 0.05) is 19.3 Å². The van der Waals surface area contributed by atoms with Crippen molar-refractivity contribution in [3.63, 3.8) is 0 Å². The zero-order valence-electron chi connectivity index (χ0n) is 9.90. The van der Waals surface area contributed by atoms with Gasteiger partial charge in [0.15, 0.2) is 0 Å². The van der Waals surface area contributed by atoms with Crippen molar-refractivity contribution < 1.29 is 4.79 Å². The van der Waals surface area contributed by atoms with Gasteiger partial charge in [-0.05, 0) is 13.3 Å². The van der Waals surface area contributed by atoms with Crippen LogP contribution in [0.2, 0.25) is 0 Å². The van der Waals surface area contributed by atoms with Crippen molar-refractivity contribution in [2.24, 2.45) is 7.05 Å². The number of rotatable bonds is 4. The van der Waals surface area contributed by atoms with Gasteiger partial charge in [0.2, 0.25) is 0 Å². The van der Waals surface area contributed by atoms with Crippen LogP contribution in [-0.2, 0) is 7.05 Å². The van der Waals surface area contributed by atoms with Crippen molar-refractivity contribution in [2.75, 3.05) is 13.1 Å². The minimum Gasteiger partial charge on any atom is -0.325 e. The fourth-order valence-corrected chi connectivity index (χ4v) is 1.49. The van der Waals surface area contributed by atoms with Crippen LogP contribution >= 0.6 is 0 Å². The molecule has 0 aliphatic rings. The lowest BCUT2D eigenvalue weighted by atomic mass is 10.2. The van der Waals surface area contributed by atoms with Gasteiger partial charge in [0.1, 0.15) is 6.54 Å². The number of nitriles is 1. The molecule has 0 fully saturated rings. The highest BCUT2D eigenvalue weighted by molar-refractivity contribution is 5.95. The van der Waals surface area contributed by atoms with E-state index in [4.69, 9.17) is 5.26 Å².